The number of benzene rings is 12. The van der Waals surface area contributed by atoms with Gasteiger partial charge in [0.05, 0.1) is 27.9 Å². The number of ether oxygens (including phenoxy) is 2. The average molecular weight is 1280 g/mol. The first-order valence-corrected chi connectivity index (χ1v) is 33.5. The molecule has 0 radical (unpaired) electrons. The molecule has 0 saturated carbocycles. The highest BCUT2D eigenvalue weighted by Gasteiger charge is 2.53. The first-order valence-electron chi connectivity index (χ1n) is 33.5. The van der Waals surface area contributed by atoms with Crippen LogP contribution in [0.15, 0.2) is 328 Å². The minimum atomic E-state index is -0.746. The van der Waals surface area contributed by atoms with Crippen molar-refractivity contribution in [3.8, 4) is 147 Å². The maximum Gasteiger partial charge on any atom is 0.166 e. The first-order chi connectivity index (χ1) is 49.5. The third kappa shape index (κ3) is 8.76. The van der Waals surface area contributed by atoms with Crippen molar-refractivity contribution in [2.24, 2.45) is 0 Å². The van der Waals surface area contributed by atoms with Gasteiger partial charge in [-0.15, -0.1) is 0 Å². The second-order valence-corrected chi connectivity index (χ2v) is 25.6. The molecule has 0 saturated heterocycles. The lowest BCUT2D eigenvalue weighted by Crippen LogP contribution is -2.32. The van der Waals surface area contributed by atoms with Gasteiger partial charge >= 0.3 is 0 Å². The molecule has 20 rings (SSSR count). The van der Waals surface area contributed by atoms with E-state index in [0.717, 1.165) is 101 Å². The number of para-hydroxylation sites is 1. The van der Waals surface area contributed by atoms with Crippen LogP contribution in [0.4, 0.5) is 0 Å². The molecule has 0 N–H and O–H groups in total. The molecule has 4 aliphatic rings. The molecule has 16 aromatic rings. The first kappa shape index (κ1) is 56.9. The summed E-state index contributed by atoms with van der Waals surface area (Å²) in [5.41, 5.74) is 22.1. The monoisotopic (exact) mass is 1280 g/mol. The molecule has 0 amide bonds. The zero-order valence-corrected chi connectivity index (χ0v) is 53.6. The molecule has 466 valence electrons. The third-order valence-corrected chi connectivity index (χ3v) is 20.2. The Hall–Kier alpha value is -13.4. The van der Waals surface area contributed by atoms with Crippen LogP contribution >= 0.6 is 0 Å². The Balaban J connectivity index is 0.749. The van der Waals surface area contributed by atoms with Gasteiger partial charge in [-0.1, -0.05) is 273 Å². The van der Waals surface area contributed by atoms with Crippen LogP contribution in [-0.4, -0.2) is 39.9 Å². The summed E-state index contributed by atoms with van der Waals surface area (Å²) in [6, 6.07) is 112. The number of nitrogens with zero attached hydrogens (tertiary/aromatic N) is 8. The largest absolute Gasteiger partial charge is 0.457 e. The Labute approximate surface area is 576 Å². The number of hydrogen-bond donors (Lipinski definition) is 0. The molecule has 2 aliphatic carbocycles. The molecule has 100 heavy (non-hydrogen) atoms. The second kappa shape index (κ2) is 22.6. The summed E-state index contributed by atoms with van der Waals surface area (Å²) in [6.07, 6.45) is 1.85. The van der Waals surface area contributed by atoms with Gasteiger partial charge in [0.1, 0.15) is 23.0 Å². The summed E-state index contributed by atoms with van der Waals surface area (Å²) in [4.78, 5) is 41.6. The molecule has 0 fully saturated rings. The maximum absolute atomic E-state index is 7.40. The molecule has 10 nitrogen and oxygen atoms in total. The highest BCUT2D eigenvalue weighted by molar-refractivity contribution is 5.92. The topological polar surface area (TPSA) is 122 Å². The van der Waals surface area contributed by atoms with Crippen molar-refractivity contribution in [2.45, 2.75) is 10.8 Å². The summed E-state index contributed by atoms with van der Waals surface area (Å²) in [7, 11) is 0. The van der Waals surface area contributed by atoms with E-state index in [-0.39, 0.29) is 0 Å². The van der Waals surface area contributed by atoms with Crippen molar-refractivity contribution in [3.05, 3.63) is 372 Å². The van der Waals surface area contributed by atoms with E-state index in [2.05, 4.69) is 188 Å². The van der Waals surface area contributed by atoms with E-state index >= 15 is 0 Å². The number of rotatable bonds is 9. The quantitative estimate of drug-likeness (QED) is 0.138. The highest BCUT2D eigenvalue weighted by atomic mass is 16.5. The third-order valence-electron chi connectivity index (χ3n) is 20.2. The maximum atomic E-state index is 7.40. The summed E-state index contributed by atoms with van der Waals surface area (Å²) >= 11 is 0. The highest BCUT2D eigenvalue weighted by Crippen LogP contribution is 2.64. The minimum absolute atomic E-state index is 0.478. The van der Waals surface area contributed by atoms with E-state index in [9.17, 15) is 0 Å². The molecule has 0 unspecified atom stereocenters. The fourth-order valence-corrected chi connectivity index (χ4v) is 15.8. The van der Waals surface area contributed by atoms with Crippen molar-refractivity contribution >= 4 is 0 Å². The molecule has 0 atom stereocenters. The van der Waals surface area contributed by atoms with Crippen molar-refractivity contribution < 1.29 is 9.47 Å². The molecule has 6 heterocycles. The molecular formula is C90H54N8O2. The predicted octanol–water partition coefficient (Wildman–Crippen LogP) is 20.8. The Morgan fingerprint density at radius 2 is 0.520 bits per heavy atom. The minimum Gasteiger partial charge on any atom is -0.457 e. The zero-order chi connectivity index (χ0) is 65.9. The summed E-state index contributed by atoms with van der Waals surface area (Å²) in [5.74, 6) is 6.24. The van der Waals surface area contributed by atoms with Gasteiger partial charge in [0.15, 0.2) is 34.9 Å². The molecular weight excluding hydrogens is 1230 g/mol. The van der Waals surface area contributed by atoms with Crippen molar-refractivity contribution in [1.82, 2.24) is 39.9 Å². The van der Waals surface area contributed by atoms with Crippen LogP contribution in [0.1, 0.15) is 44.5 Å². The van der Waals surface area contributed by atoms with Crippen molar-refractivity contribution in [2.75, 3.05) is 0 Å². The molecule has 4 aromatic heterocycles. The Morgan fingerprint density at radius 3 is 0.950 bits per heavy atom. The van der Waals surface area contributed by atoms with Crippen LogP contribution in [0.25, 0.3) is 124 Å². The van der Waals surface area contributed by atoms with E-state index in [1.165, 1.54) is 44.5 Å². The fourth-order valence-electron chi connectivity index (χ4n) is 15.8. The van der Waals surface area contributed by atoms with Crippen LogP contribution in [0.5, 0.6) is 23.0 Å². The zero-order valence-electron chi connectivity index (χ0n) is 53.6. The van der Waals surface area contributed by atoms with Gasteiger partial charge in [-0.05, 0) is 93.0 Å². The van der Waals surface area contributed by atoms with Gasteiger partial charge < -0.3 is 9.47 Å². The summed E-state index contributed by atoms with van der Waals surface area (Å²) in [5, 5.41) is 0. The SMILES string of the molecule is c1ccc(-c2nc(-c3ccccc3)nc(-c3ccc(-c4ccc5c(c4)Oc4cc(-c6ccc(-c7nc(-c8ccccc8)nc(-c8ccccc8)n7)c(-c7ccc8c(c7)Oc7ccccc7C87c8ccccc8-c8ccccc87)n6)ccc4C54c5ccccc5-c5ccccc54)nc3)n2)cc1. The van der Waals surface area contributed by atoms with Crippen LogP contribution < -0.4 is 9.47 Å². The van der Waals surface area contributed by atoms with Gasteiger partial charge in [0.25, 0.3) is 0 Å². The van der Waals surface area contributed by atoms with Crippen LogP contribution in [-0.2, 0) is 10.8 Å². The van der Waals surface area contributed by atoms with Gasteiger partial charge in [0.2, 0.25) is 0 Å². The van der Waals surface area contributed by atoms with E-state index in [1.54, 1.807) is 0 Å². The molecule has 12 aromatic carbocycles. The molecule has 2 aliphatic heterocycles. The van der Waals surface area contributed by atoms with Crippen molar-refractivity contribution in [1.29, 1.82) is 0 Å². The Morgan fingerprint density at radius 1 is 0.200 bits per heavy atom. The van der Waals surface area contributed by atoms with Gasteiger partial charge in [-0.25, -0.2) is 34.9 Å². The second-order valence-electron chi connectivity index (χ2n) is 25.6. The summed E-state index contributed by atoms with van der Waals surface area (Å²) in [6.45, 7) is 0. The Kier molecular flexibility index (Phi) is 12.8. The lowest BCUT2D eigenvalue weighted by molar-refractivity contribution is 0.436. The Bertz CT molecular complexity index is 5780. The average Bonchev–Trinajstić information content (AvgIpc) is 1.52. The lowest BCUT2D eigenvalue weighted by atomic mass is 9.66. The van der Waals surface area contributed by atoms with Crippen LogP contribution in [0, 0.1) is 0 Å². The number of hydrogen-bond acceptors (Lipinski definition) is 10. The number of fused-ring (bicyclic) bond motifs is 18. The molecule has 0 bridgehead atoms. The molecule has 2 spiro atoms. The number of pyridine rings is 2. The van der Waals surface area contributed by atoms with Gasteiger partial charge in [-0.3, -0.25) is 4.98 Å². The predicted molar refractivity (Wildman–Crippen MR) is 392 cm³/mol. The van der Waals surface area contributed by atoms with E-state index < -0.39 is 10.8 Å². The number of aromatic nitrogens is 8. The standard InChI is InChI=1S/C90H54N8O2/c1-5-23-55(24-6-1)83-93-84(56-25-7-2-8-26-56)96-87(95-83)62-44-49-76(91-54-62)59-41-46-73-79(51-59)100-80-52-60(42-47-74(80)90(73)70-37-19-15-33-65(70)66-34-16-20-38-71(66)90)77-50-45-67(88-97-85(57-27-9-3-10-28-57)94-86(98-88)58-29-11-4-12-30-58)82(92-77)61-43-48-75-81(53-61)99-78-40-22-21-39-72(78)89(75)68-35-17-13-31-63(68)64-32-14-18-36-69(64)89/h1-54H. The van der Waals surface area contributed by atoms with E-state index in [1.807, 2.05) is 140 Å². The lowest BCUT2D eigenvalue weighted by Gasteiger charge is -2.39. The summed E-state index contributed by atoms with van der Waals surface area (Å²) < 4.78 is 14.6. The van der Waals surface area contributed by atoms with Crippen LogP contribution in [0.3, 0.4) is 0 Å². The van der Waals surface area contributed by atoms with Gasteiger partial charge in [-0.2, -0.15) is 0 Å². The van der Waals surface area contributed by atoms with Gasteiger partial charge in [0, 0.05) is 78.5 Å². The van der Waals surface area contributed by atoms with Crippen molar-refractivity contribution in [3.63, 3.8) is 0 Å². The van der Waals surface area contributed by atoms with E-state index in [0.29, 0.717) is 46.4 Å². The van der Waals surface area contributed by atoms with E-state index in [4.69, 9.17) is 49.3 Å². The molecule has 10 heteroatoms. The van der Waals surface area contributed by atoms with Crippen LogP contribution in [0.2, 0.25) is 0 Å². The fraction of sp³-hybridized carbons (Fsp3) is 0.0222. The smallest absolute Gasteiger partial charge is 0.166 e. The normalized spacial score (nSPS) is 13.3.